The summed E-state index contributed by atoms with van der Waals surface area (Å²) in [5.41, 5.74) is 2.30. The Kier molecular flexibility index (Phi) is 4.90. The summed E-state index contributed by atoms with van der Waals surface area (Å²) in [7, 11) is 0. The minimum atomic E-state index is -0.478. The number of carbonyl (C=O) groups excluding carboxylic acids is 1. The first-order valence-corrected chi connectivity index (χ1v) is 9.04. The summed E-state index contributed by atoms with van der Waals surface area (Å²) in [5.74, 6) is 0. The summed E-state index contributed by atoms with van der Waals surface area (Å²) in [6.07, 6.45) is 4.00. The number of non-ortho nitro benzene ring substituents is 1. The highest BCUT2D eigenvalue weighted by Crippen LogP contribution is 2.18. The van der Waals surface area contributed by atoms with Crippen molar-refractivity contribution >= 4 is 23.1 Å². The number of pyridine rings is 1. The van der Waals surface area contributed by atoms with Crippen LogP contribution in [0.1, 0.15) is 5.69 Å². The van der Waals surface area contributed by atoms with Gasteiger partial charge in [0.15, 0.2) is 0 Å². The Bertz CT molecular complexity index is 977. The molecule has 0 saturated carbocycles. The smallest absolute Gasteiger partial charge is 0.321 e. The molecule has 28 heavy (non-hydrogen) atoms. The van der Waals surface area contributed by atoms with Crippen LogP contribution in [0.2, 0.25) is 0 Å². The number of nitrogens with one attached hydrogen (secondary N) is 1. The fraction of sp³-hybridized carbons (Fsp3) is 0.263. The van der Waals surface area contributed by atoms with Gasteiger partial charge < -0.3 is 14.6 Å². The number of nitro groups is 1. The molecule has 9 nitrogen and oxygen atoms in total. The van der Waals surface area contributed by atoms with Gasteiger partial charge in [-0.1, -0.05) is 12.1 Å². The molecule has 9 heteroatoms. The van der Waals surface area contributed by atoms with Gasteiger partial charge in [-0.15, -0.1) is 0 Å². The Labute approximate surface area is 161 Å². The molecule has 0 radical (unpaired) electrons. The number of benzene rings is 1. The number of anilines is 1. The van der Waals surface area contributed by atoms with Crippen molar-refractivity contribution in [3.8, 4) is 0 Å². The van der Waals surface area contributed by atoms with Crippen LogP contribution in [0.5, 0.6) is 0 Å². The number of urea groups is 1. The van der Waals surface area contributed by atoms with Gasteiger partial charge in [0.05, 0.1) is 10.6 Å². The van der Waals surface area contributed by atoms with Gasteiger partial charge in [0.25, 0.3) is 5.69 Å². The van der Waals surface area contributed by atoms with Crippen molar-refractivity contribution in [3.05, 3.63) is 70.7 Å². The van der Waals surface area contributed by atoms with E-state index < -0.39 is 4.92 Å². The zero-order chi connectivity index (χ0) is 19.5. The summed E-state index contributed by atoms with van der Waals surface area (Å²) in [4.78, 5) is 31.4. The lowest BCUT2D eigenvalue weighted by atomic mass is 10.2. The van der Waals surface area contributed by atoms with E-state index in [2.05, 4.69) is 15.2 Å². The van der Waals surface area contributed by atoms with Crippen molar-refractivity contribution in [3.63, 3.8) is 0 Å². The zero-order valence-corrected chi connectivity index (χ0v) is 15.2. The third-order valence-electron chi connectivity index (χ3n) is 4.77. The van der Waals surface area contributed by atoms with Crippen LogP contribution >= 0.6 is 0 Å². The van der Waals surface area contributed by atoms with E-state index in [0.717, 1.165) is 31.0 Å². The van der Waals surface area contributed by atoms with Gasteiger partial charge in [-0.2, -0.15) is 0 Å². The number of aromatic nitrogens is 2. The number of rotatable bonds is 4. The van der Waals surface area contributed by atoms with Crippen molar-refractivity contribution < 1.29 is 9.72 Å². The van der Waals surface area contributed by atoms with Crippen LogP contribution in [0.25, 0.3) is 5.65 Å². The summed E-state index contributed by atoms with van der Waals surface area (Å²) < 4.78 is 2.00. The molecular formula is C19H20N6O3. The molecule has 0 aliphatic carbocycles. The van der Waals surface area contributed by atoms with Crippen LogP contribution in [0.15, 0.2) is 54.9 Å². The van der Waals surface area contributed by atoms with Crippen LogP contribution in [0.4, 0.5) is 16.2 Å². The first-order valence-electron chi connectivity index (χ1n) is 9.04. The molecule has 1 aliphatic rings. The molecule has 0 atom stereocenters. The van der Waals surface area contributed by atoms with Gasteiger partial charge in [0.1, 0.15) is 5.65 Å². The Morgan fingerprint density at radius 1 is 1.14 bits per heavy atom. The van der Waals surface area contributed by atoms with Crippen LogP contribution in [0.3, 0.4) is 0 Å². The molecule has 1 aliphatic heterocycles. The van der Waals surface area contributed by atoms with Crippen LogP contribution in [-0.2, 0) is 6.54 Å². The van der Waals surface area contributed by atoms with Crippen LogP contribution < -0.4 is 5.32 Å². The Morgan fingerprint density at radius 3 is 2.71 bits per heavy atom. The van der Waals surface area contributed by atoms with E-state index in [1.54, 1.807) is 17.0 Å². The number of hydrogen-bond acceptors (Lipinski definition) is 5. The lowest BCUT2D eigenvalue weighted by Crippen LogP contribution is -2.49. The minimum Gasteiger partial charge on any atom is -0.322 e. The highest BCUT2D eigenvalue weighted by Gasteiger charge is 2.22. The fourth-order valence-electron chi connectivity index (χ4n) is 3.30. The number of piperazine rings is 1. The maximum Gasteiger partial charge on any atom is 0.321 e. The maximum atomic E-state index is 12.4. The Balaban J connectivity index is 1.31. The standard InChI is InChI=1S/C19H20N6O3/c26-19(21-15-4-3-5-17(12-15)25(27)28)23-10-8-22(9-11-23)13-16-14-24-7-2-1-6-18(24)20-16/h1-7,12,14H,8-11,13H2,(H,21,26). The highest BCUT2D eigenvalue weighted by molar-refractivity contribution is 5.89. The van der Waals surface area contributed by atoms with E-state index in [1.807, 2.05) is 35.0 Å². The van der Waals surface area contributed by atoms with Crippen molar-refractivity contribution in [1.82, 2.24) is 19.2 Å². The molecule has 0 unspecified atom stereocenters. The largest absolute Gasteiger partial charge is 0.322 e. The summed E-state index contributed by atoms with van der Waals surface area (Å²) in [6.45, 7) is 3.41. The SMILES string of the molecule is O=C(Nc1cccc([N+](=O)[O-])c1)N1CCN(Cc2cn3ccccc3n2)CC1. The third-order valence-corrected chi connectivity index (χ3v) is 4.77. The first kappa shape index (κ1) is 17.9. The second kappa shape index (κ2) is 7.65. The maximum absolute atomic E-state index is 12.4. The number of nitrogens with zero attached hydrogens (tertiary/aromatic N) is 5. The molecular weight excluding hydrogens is 360 g/mol. The Hall–Kier alpha value is -3.46. The van der Waals surface area contributed by atoms with E-state index in [-0.39, 0.29) is 11.7 Å². The lowest BCUT2D eigenvalue weighted by molar-refractivity contribution is -0.384. The predicted octanol–water partition coefficient (Wildman–Crippen LogP) is 2.59. The van der Waals surface area contributed by atoms with E-state index in [1.165, 1.54) is 12.1 Å². The minimum absolute atomic E-state index is 0.0462. The second-order valence-electron chi connectivity index (χ2n) is 6.70. The highest BCUT2D eigenvalue weighted by atomic mass is 16.6. The molecule has 0 spiro atoms. The molecule has 3 heterocycles. The summed E-state index contributed by atoms with van der Waals surface area (Å²) >= 11 is 0. The topological polar surface area (TPSA) is 96.0 Å². The molecule has 1 N–H and O–H groups in total. The number of nitro benzene ring substituents is 1. The molecule has 2 aromatic heterocycles. The number of amides is 2. The quantitative estimate of drug-likeness (QED) is 0.554. The molecule has 2 amide bonds. The van der Waals surface area contributed by atoms with Crippen molar-refractivity contribution in [1.29, 1.82) is 0 Å². The van der Waals surface area contributed by atoms with Crippen molar-refractivity contribution in [2.75, 3.05) is 31.5 Å². The van der Waals surface area contributed by atoms with Gasteiger partial charge >= 0.3 is 6.03 Å². The Morgan fingerprint density at radius 2 is 1.96 bits per heavy atom. The molecule has 1 aromatic carbocycles. The van der Waals surface area contributed by atoms with Crippen molar-refractivity contribution in [2.45, 2.75) is 6.54 Å². The normalized spacial score (nSPS) is 14.9. The average Bonchev–Trinajstić information content (AvgIpc) is 3.11. The molecule has 4 rings (SSSR count). The number of hydrogen-bond donors (Lipinski definition) is 1. The van der Waals surface area contributed by atoms with E-state index in [0.29, 0.717) is 18.8 Å². The summed E-state index contributed by atoms with van der Waals surface area (Å²) in [6, 6.07) is 11.6. The molecule has 3 aromatic rings. The van der Waals surface area contributed by atoms with Gasteiger partial charge in [0.2, 0.25) is 0 Å². The van der Waals surface area contributed by atoms with Crippen LogP contribution in [-0.4, -0.2) is 56.3 Å². The lowest BCUT2D eigenvalue weighted by Gasteiger charge is -2.34. The molecule has 144 valence electrons. The average molecular weight is 380 g/mol. The zero-order valence-electron chi connectivity index (χ0n) is 15.2. The van der Waals surface area contributed by atoms with Gasteiger partial charge in [0, 0.05) is 62.9 Å². The van der Waals surface area contributed by atoms with E-state index >= 15 is 0 Å². The molecule has 1 saturated heterocycles. The summed E-state index contributed by atoms with van der Waals surface area (Å²) in [5, 5.41) is 13.6. The number of imidazole rings is 1. The predicted molar refractivity (Wildman–Crippen MR) is 104 cm³/mol. The third kappa shape index (κ3) is 3.94. The first-order chi connectivity index (χ1) is 13.6. The van der Waals surface area contributed by atoms with E-state index in [9.17, 15) is 14.9 Å². The molecule has 0 bridgehead atoms. The monoisotopic (exact) mass is 380 g/mol. The van der Waals surface area contributed by atoms with Gasteiger partial charge in [-0.05, 0) is 18.2 Å². The van der Waals surface area contributed by atoms with Crippen molar-refractivity contribution in [2.24, 2.45) is 0 Å². The number of fused-ring (bicyclic) bond motifs is 1. The number of carbonyl (C=O) groups is 1. The molecule has 1 fully saturated rings. The van der Waals surface area contributed by atoms with Gasteiger partial charge in [-0.25, -0.2) is 9.78 Å². The van der Waals surface area contributed by atoms with Gasteiger partial charge in [-0.3, -0.25) is 15.0 Å². The van der Waals surface area contributed by atoms with Crippen LogP contribution in [0, 0.1) is 10.1 Å². The second-order valence-corrected chi connectivity index (χ2v) is 6.70. The van der Waals surface area contributed by atoms with E-state index in [4.69, 9.17) is 0 Å². The fourth-order valence-corrected chi connectivity index (χ4v) is 3.30.